The zero-order valence-corrected chi connectivity index (χ0v) is 15.7. The van der Waals surface area contributed by atoms with E-state index in [1.807, 2.05) is 24.3 Å². The van der Waals surface area contributed by atoms with E-state index in [0.29, 0.717) is 22.3 Å². The van der Waals surface area contributed by atoms with Crippen molar-refractivity contribution in [2.45, 2.75) is 26.2 Å². The normalized spacial score (nSPS) is 11.2. The van der Waals surface area contributed by atoms with Gasteiger partial charge in [0.15, 0.2) is 11.6 Å². The summed E-state index contributed by atoms with van der Waals surface area (Å²) in [6.07, 6.45) is 0. The smallest absolute Gasteiger partial charge is 0.193 e. The van der Waals surface area contributed by atoms with Gasteiger partial charge in [-0.3, -0.25) is 9.59 Å². The lowest BCUT2D eigenvalue weighted by Crippen LogP contribution is -2.11. The largest absolute Gasteiger partial charge is 0.508 e. The van der Waals surface area contributed by atoms with Gasteiger partial charge in [0, 0.05) is 22.3 Å². The summed E-state index contributed by atoms with van der Waals surface area (Å²) in [7, 11) is 0. The number of carbonyl (C=O) groups excluding carboxylic acids is 2. The monoisotopic (exact) mass is 358 g/mol. The number of aromatic hydroxyl groups is 1. The van der Waals surface area contributed by atoms with Crippen LogP contribution in [0.3, 0.4) is 0 Å². The zero-order valence-electron chi connectivity index (χ0n) is 15.7. The minimum absolute atomic E-state index is 0.0258. The summed E-state index contributed by atoms with van der Waals surface area (Å²) in [6.45, 7) is 6.38. The molecular formula is C24H22O3. The van der Waals surface area contributed by atoms with E-state index in [4.69, 9.17) is 0 Å². The fourth-order valence-electron chi connectivity index (χ4n) is 2.87. The van der Waals surface area contributed by atoms with Crippen LogP contribution >= 0.6 is 0 Å². The van der Waals surface area contributed by atoms with Crippen LogP contribution in [-0.2, 0) is 5.41 Å². The van der Waals surface area contributed by atoms with E-state index in [0.717, 1.165) is 5.56 Å². The molecule has 3 aromatic carbocycles. The van der Waals surface area contributed by atoms with E-state index in [2.05, 4.69) is 20.8 Å². The molecule has 0 aliphatic carbocycles. The Morgan fingerprint density at radius 1 is 0.667 bits per heavy atom. The third kappa shape index (κ3) is 4.14. The molecule has 0 heterocycles. The number of benzene rings is 3. The molecule has 136 valence electrons. The third-order valence-corrected chi connectivity index (χ3v) is 4.53. The Morgan fingerprint density at radius 2 is 1.11 bits per heavy atom. The molecule has 3 heteroatoms. The number of hydrogen-bond donors (Lipinski definition) is 1. The highest BCUT2D eigenvalue weighted by Gasteiger charge is 2.16. The van der Waals surface area contributed by atoms with Crippen LogP contribution in [0.2, 0.25) is 0 Å². The maximum atomic E-state index is 12.8. The maximum Gasteiger partial charge on any atom is 0.193 e. The van der Waals surface area contributed by atoms with Crippen LogP contribution in [0, 0.1) is 0 Å². The standard InChI is InChI=1S/C24H22O3/c1-24(2,3)20-11-7-16(8-12-20)22(26)18-5-4-6-19(15-18)23(27)17-9-13-21(25)14-10-17/h4-15,25H,1-3H3. The first-order valence-electron chi connectivity index (χ1n) is 8.85. The molecule has 0 aliphatic heterocycles. The van der Waals surface area contributed by atoms with Crippen LogP contribution in [-0.4, -0.2) is 16.7 Å². The summed E-state index contributed by atoms with van der Waals surface area (Å²) in [6, 6.07) is 20.4. The second-order valence-corrected chi connectivity index (χ2v) is 7.61. The van der Waals surface area contributed by atoms with Gasteiger partial charge in [-0.05, 0) is 41.3 Å². The zero-order chi connectivity index (χ0) is 19.6. The Balaban J connectivity index is 1.87. The fraction of sp³-hybridized carbons (Fsp3) is 0.167. The molecule has 0 bridgehead atoms. The van der Waals surface area contributed by atoms with E-state index in [-0.39, 0.29) is 22.7 Å². The third-order valence-electron chi connectivity index (χ3n) is 4.53. The molecule has 0 fully saturated rings. The first kappa shape index (κ1) is 18.6. The van der Waals surface area contributed by atoms with Crippen LogP contribution < -0.4 is 0 Å². The summed E-state index contributed by atoms with van der Waals surface area (Å²) in [5.41, 5.74) is 3.17. The van der Waals surface area contributed by atoms with Crippen molar-refractivity contribution < 1.29 is 14.7 Å². The van der Waals surface area contributed by atoms with Crippen molar-refractivity contribution >= 4 is 11.6 Å². The molecule has 0 atom stereocenters. The molecule has 3 aromatic rings. The topological polar surface area (TPSA) is 54.4 Å². The van der Waals surface area contributed by atoms with Gasteiger partial charge in [-0.25, -0.2) is 0 Å². The molecule has 3 rings (SSSR count). The Bertz CT molecular complexity index is 975. The molecule has 0 radical (unpaired) electrons. The van der Waals surface area contributed by atoms with Crippen LogP contribution in [0.5, 0.6) is 5.75 Å². The highest BCUT2D eigenvalue weighted by atomic mass is 16.3. The summed E-state index contributed by atoms with van der Waals surface area (Å²) >= 11 is 0. The van der Waals surface area contributed by atoms with Crippen molar-refractivity contribution in [1.82, 2.24) is 0 Å². The van der Waals surface area contributed by atoms with Gasteiger partial charge >= 0.3 is 0 Å². The second kappa shape index (κ2) is 7.20. The van der Waals surface area contributed by atoms with E-state index in [9.17, 15) is 14.7 Å². The number of ketones is 2. The van der Waals surface area contributed by atoms with Gasteiger partial charge in [0.05, 0.1) is 0 Å². The van der Waals surface area contributed by atoms with Crippen molar-refractivity contribution in [3.05, 3.63) is 101 Å². The van der Waals surface area contributed by atoms with E-state index in [1.54, 1.807) is 36.4 Å². The molecule has 0 aromatic heterocycles. The SMILES string of the molecule is CC(C)(C)c1ccc(C(=O)c2cccc(C(=O)c3ccc(O)cc3)c2)cc1. The number of phenols is 1. The minimum atomic E-state index is -0.187. The van der Waals surface area contributed by atoms with Gasteiger partial charge in [-0.1, -0.05) is 63.2 Å². The number of hydrogen-bond acceptors (Lipinski definition) is 3. The second-order valence-electron chi connectivity index (χ2n) is 7.61. The lowest BCUT2D eigenvalue weighted by atomic mass is 9.86. The fourth-order valence-corrected chi connectivity index (χ4v) is 2.87. The predicted molar refractivity (Wildman–Crippen MR) is 107 cm³/mol. The Labute approximate surface area is 159 Å². The lowest BCUT2D eigenvalue weighted by Gasteiger charge is -2.19. The van der Waals surface area contributed by atoms with Gasteiger partial charge in [0.25, 0.3) is 0 Å². The molecular weight excluding hydrogens is 336 g/mol. The van der Waals surface area contributed by atoms with E-state index in [1.165, 1.54) is 12.1 Å². The molecule has 0 saturated carbocycles. The number of carbonyl (C=O) groups is 2. The molecule has 27 heavy (non-hydrogen) atoms. The van der Waals surface area contributed by atoms with E-state index < -0.39 is 0 Å². The Hall–Kier alpha value is -3.20. The van der Waals surface area contributed by atoms with Crippen molar-refractivity contribution in [2.24, 2.45) is 0 Å². The van der Waals surface area contributed by atoms with Gasteiger partial charge in [0.1, 0.15) is 5.75 Å². The van der Waals surface area contributed by atoms with Crippen LogP contribution in [0.25, 0.3) is 0 Å². The van der Waals surface area contributed by atoms with Gasteiger partial charge in [0.2, 0.25) is 0 Å². The summed E-state index contributed by atoms with van der Waals surface area (Å²) < 4.78 is 0. The van der Waals surface area contributed by atoms with E-state index >= 15 is 0 Å². The minimum Gasteiger partial charge on any atom is -0.508 e. The molecule has 3 nitrogen and oxygen atoms in total. The van der Waals surface area contributed by atoms with Crippen LogP contribution in [0.4, 0.5) is 0 Å². The molecule has 1 N–H and O–H groups in total. The molecule has 0 aliphatic rings. The number of phenolic OH excluding ortho intramolecular Hbond substituents is 1. The summed E-state index contributed by atoms with van der Waals surface area (Å²) in [5, 5.41) is 9.37. The number of rotatable bonds is 4. The van der Waals surface area contributed by atoms with Gasteiger partial charge in [-0.15, -0.1) is 0 Å². The van der Waals surface area contributed by atoms with Crippen molar-refractivity contribution in [3.8, 4) is 5.75 Å². The lowest BCUT2D eigenvalue weighted by molar-refractivity contribution is 0.103. The highest BCUT2D eigenvalue weighted by molar-refractivity contribution is 6.13. The highest BCUT2D eigenvalue weighted by Crippen LogP contribution is 2.23. The summed E-state index contributed by atoms with van der Waals surface area (Å²) in [4.78, 5) is 25.4. The quantitative estimate of drug-likeness (QED) is 0.656. The molecule has 0 saturated heterocycles. The molecule has 0 unspecified atom stereocenters. The summed E-state index contributed by atoms with van der Waals surface area (Å²) in [5.74, 6) is -0.197. The molecule has 0 amide bonds. The average Bonchev–Trinajstić information content (AvgIpc) is 2.67. The van der Waals surface area contributed by atoms with Crippen LogP contribution in [0.15, 0.2) is 72.8 Å². The Morgan fingerprint density at radius 3 is 1.56 bits per heavy atom. The first-order chi connectivity index (χ1) is 12.8. The first-order valence-corrected chi connectivity index (χ1v) is 8.85. The van der Waals surface area contributed by atoms with Crippen LogP contribution in [0.1, 0.15) is 58.2 Å². The Kier molecular flexibility index (Phi) is 4.95. The van der Waals surface area contributed by atoms with Crippen molar-refractivity contribution in [2.75, 3.05) is 0 Å². The van der Waals surface area contributed by atoms with Gasteiger partial charge in [-0.2, -0.15) is 0 Å². The van der Waals surface area contributed by atoms with Gasteiger partial charge < -0.3 is 5.11 Å². The van der Waals surface area contributed by atoms with Crippen molar-refractivity contribution in [1.29, 1.82) is 0 Å². The maximum absolute atomic E-state index is 12.8. The molecule has 0 spiro atoms. The average molecular weight is 358 g/mol. The predicted octanol–water partition coefficient (Wildman–Crippen LogP) is 5.15. The van der Waals surface area contributed by atoms with Crippen molar-refractivity contribution in [3.63, 3.8) is 0 Å².